The highest BCUT2D eigenvalue weighted by Crippen LogP contribution is 2.58. The lowest BCUT2D eigenvalue weighted by molar-refractivity contribution is -0.144. The SMILES string of the molecule is CCOC(=O)C1=CC[C@H](c2ccccc2OC)[C@@]12C(=O)Oc1ccccc12. The number of para-hydroxylation sites is 2. The topological polar surface area (TPSA) is 61.8 Å². The molecule has 0 bridgehead atoms. The van der Waals surface area contributed by atoms with Crippen LogP contribution in [0.3, 0.4) is 0 Å². The molecule has 0 saturated heterocycles. The minimum absolute atomic E-state index is 0.238. The summed E-state index contributed by atoms with van der Waals surface area (Å²) in [5.74, 6) is -0.0822. The van der Waals surface area contributed by atoms with Crippen molar-refractivity contribution in [1.82, 2.24) is 0 Å². The van der Waals surface area contributed by atoms with Gasteiger partial charge in [0.1, 0.15) is 16.9 Å². The summed E-state index contributed by atoms with van der Waals surface area (Å²) >= 11 is 0. The molecule has 5 heteroatoms. The van der Waals surface area contributed by atoms with Gasteiger partial charge in [-0.15, -0.1) is 0 Å². The van der Waals surface area contributed by atoms with Gasteiger partial charge in [0.25, 0.3) is 0 Å². The van der Waals surface area contributed by atoms with Crippen LogP contribution < -0.4 is 9.47 Å². The van der Waals surface area contributed by atoms with E-state index < -0.39 is 17.4 Å². The molecule has 138 valence electrons. The second-order valence-corrected chi connectivity index (χ2v) is 6.56. The molecule has 2 aromatic rings. The number of rotatable bonds is 4. The van der Waals surface area contributed by atoms with Gasteiger partial charge in [-0.3, -0.25) is 4.79 Å². The third kappa shape index (κ3) is 2.38. The van der Waals surface area contributed by atoms with Gasteiger partial charge in [0.05, 0.1) is 19.3 Å². The summed E-state index contributed by atoms with van der Waals surface area (Å²) in [4.78, 5) is 26.0. The van der Waals surface area contributed by atoms with E-state index in [1.54, 1.807) is 26.2 Å². The number of carbonyl (C=O) groups excluding carboxylic acids is 2. The number of ether oxygens (including phenoxy) is 3. The van der Waals surface area contributed by atoms with Crippen molar-refractivity contribution in [3.05, 3.63) is 71.3 Å². The minimum atomic E-state index is -1.22. The van der Waals surface area contributed by atoms with Crippen LogP contribution >= 0.6 is 0 Å². The van der Waals surface area contributed by atoms with Gasteiger partial charge in [0.2, 0.25) is 0 Å². The number of hydrogen-bond acceptors (Lipinski definition) is 5. The monoisotopic (exact) mass is 364 g/mol. The second-order valence-electron chi connectivity index (χ2n) is 6.56. The Kier molecular flexibility index (Phi) is 4.22. The Morgan fingerprint density at radius 1 is 1.19 bits per heavy atom. The van der Waals surface area contributed by atoms with Gasteiger partial charge in [-0.05, 0) is 31.0 Å². The van der Waals surface area contributed by atoms with Gasteiger partial charge in [-0.25, -0.2) is 4.79 Å². The maximum Gasteiger partial charge on any atom is 0.335 e. The van der Waals surface area contributed by atoms with Crippen molar-refractivity contribution in [2.45, 2.75) is 24.7 Å². The first-order chi connectivity index (χ1) is 13.1. The highest BCUT2D eigenvalue weighted by molar-refractivity contribution is 6.07. The van der Waals surface area contributed by atoms with E-state index in [0.29, 0.717) is 29.1 Å². The van der Waals surface area contributed by atoms with Crippen molar-refractivity contribution in [1.29, 1.82) is 0 Å². The van der Waals surface area contributed by atoms with Gasteiger partial charge in [-0.1, -0.05) is 42.5 Å². The summed E-state index contributed by atoms with van der Waals surface area (Å²) in [6.45, 7) is 1.99. The normalized spacial score (nSPS) is 23.0. The zero-order valence-electron chi connectivity index (χ0n) is 15.2. The van der Waals surface area contributed by atoms with E-state index in [-0.39, 0.29) is 12.5 Å². The first kappa shape index (κ1) is 17.3. The zero-order chi connectivity index (χ0) is 19.0. The quantitative estimate of drug-likeness (QED) is 0.613. The summed E-state index contributed by atoms with van der Waals surface area (Å²) in [6, 6.07) is 14.8. The van der Waals surface area contributed by atoms with Crippen molar-refractivity contribution in [2.75, 3.05) is 13.7 Å². The summed E-state index contributed by atoms with van der Waals surface area (Å²) in [7, 11) is 1.60. The zero-order valence-corrected chi connectivity index (χ0v) is 15.2. The molecule has 1 heterocycles. The highest BCUT2D eigenvalue weighted by Gasteiger charge is 2.62. The number of methoxy groups -OCH3 is 1. The number of carbonyl (C=O) groups is 2. The molecule has 0 unspecified atom stereocenters. The maximum atomic E-state index is 13.2. The lowest BCUT2D eigenvalue weighted by Gasteiger charge is -2.31. The Morgan fingerprint density at radius 2 is 1.93 bits per heavy atom. The fourth-order valence-corrected chi connectivity index (χ4v) is 4.29. The highest BCUT2D eigenvalue weighted by atomic mass is 16.5. The Bertz CT molecular complexity index is 945. The average Bonchev–Trinajstić information content (AvgIpc) is 3.22. The third-order valence-electron chi connectivity index (χ3n) is 5.35. The lowest BCUT2D eigenvalue weighted by atomic mass is 9.67. The van der Waals surface area contributed by atoms with E-state index in [1.807, 2.05) is 42.5 Å². The lowest BCUT2D eigenvalue weighted by Crippen LogP contribution is -2.42. The van der Waals surface area contributed by atoms with Gasteiger partial charge < -0.3 is 14.2 Å². The molecule has 1 aliphatic heterocycles. The van der Waals surface area contributed by atoms with Crippen LogP contribution in [-0.4, -0.2) is 25.7 Å². The van der Waals surface area contributed by atoms with E-state index in [4.69, 9.17) is 14.2 Å². The van der Waals surface area contributed by atoms with Crippen LogP contribution in [0.1, 0.15) is 30.4 Å². The predicted molar refractivity (Wildman–Crippen MR) is 98.8 cm³/mol. The number of benzene rings is 2. The van der Waals surface area contributed by atoms with Crippen molar-refractivity contribution in [2.24, 2.45) is 0 Å². The molecule has 4 rings (SSSR count). The number of allylic oxidation sites excluding steroid dienone is 1. The maximum absolute atomic E-state index is 13.2. The molecular weight excluding hydrogens is 344 g/mol. The molecule has 0 radical (unpaired) electrons. The number of fused-ring (bicyclic) bond motifs is 2. The van der Waals surface area contributed by atoms with Crippen molar-refractivity contribution >= 4 is 11.9 Å². The molecule has 0 saturated carbocycles. The molecule has 0 amide bonds. The summed E-state index contributed by atoms with van der Waals surface area (Å²) in [5, 5.41) is 0. The molecule has 1 spiro atoms. The molecule has 0 aromatic heterocycles. The molecule has 0 fully saturated rings. The smallest absolute Gasteiger partial charge is 0.335 e. The van der Waals surface area contributed by atoms with E-state index in [2.05, 4.69) is 0 Å². The summed E-state index contributed by atoms with van der Waals surface area (Å²) in [5.41, 5.74) is 0.680. The van der Waals surface area contributed by atoms with Crippen LogP contribution in [0, 0.1) is 0 Å². The molecule has 1 aliphatic carbocycles. The van der Waals surface area contributed by atoms with Gasteiger partial charge in [0, 0.05) is 11.5 Å². The molecule has 2 aromatic carbocycles. The van der Waals surface area contributed by atoms with Crippen LogP contribution in [-0.2, 0) is 19.7 Å². The number of hydrogen-bond donors (Lipinski definition) is 0. The fourth-order valence-electron chi connectivity index (χ4n) is 4.29. The average molecular weight is 364 g/mol. The van der Waals surface area contributed by atoms with E-state index in [1.165, 1.54) is 0 Å². The first-order valence-electron chi connectivity index (χ1n) is 8.97. The molecule has 27 heavy (non-hydrogen) atoms. The molecule has 0 N–H and O–H groups in total. The second kappa shape index (κ2) is 6.58. The molecule has 2 aliphatic rings. The van der Waals surface area contributed by atoms with Gasteiger partial charge >= 0.3 is 11.9 Å². The summed E-state index contributed by atoms with van der Waals surface area (Å²) in [6.07, 6.45) is 2.32. The first-order valence-corrected chi connectivity index (χ1v) is 8.97. The Morgan fingerprint density at radius 3 is 2.70 bits per heavy atom. The minimum Gasteiger partial charge on any atom is -0.496 e. The number of esters is 2. The molecular formula is C22H20O5. The fraction of sp³-hybridized carbons (Fsp3) is 0.273. The van der Waals surface area contributed by atoms with E-state index in [0.717, 1.165) is 5.56 Å². The van der Waals surface area contributed by atoms with Crippen LogP contribution in [0.4, 0.5) is 0 Å². The van der Waals surface area contributed by atoms with Crippen molar-refractivity contribution in [3.63, 3.8) is 0 Å². The van der Waals surface area contributed by atoms with E-state index in [9.17, 15) is 9.59 Å². The van der Waals surface area contributed by atoms with Crippen LogP contribution in [0.15, 0.2) is 60.2 Å². The molecule has 2 atom stereocenters. The Hall–Kier alpha value is -3.08. The van der Waals surface area contributed by atoms with Crippen LogP contribution in [0.5, 0.6) is 11.5 Å². The van der Waals surface area contributed by atoms with Crippen molar-refractivity contribution < 1.29 is 23.8 Å². The summed E-state index contributed by atoms with van der Waals surface area (Å²) < 4.78 is 16.4. The Labute approximate surface area is 157 Å². The third-order valence-corrected chi connectivity index (χ3v) is 5.35. The predicted octanol–water partition coefficient (Wildman–Crippen LogP) is 3.53. The molecule has 5 nitrogen and oxygen atoms in total. The van der Waals surface area contributed by atoms with Crippen LogP contribution in [0.2, 0.25) is 0 Å². The van der Waals surface area contributed by atoms with Gasteiger partial charge in [-0.2, -0.15) is 0 Å². The standard InChI is InChI=1S/C22H20O5/c1-3-26-20(23)17-13-12-15(14-8-4-6-10-18(14)25-2)22(17)16-9-5-7-11-19(16)27-21(22)24/h4-11,13,15H,3,12H2,1-2H3/t15-,22+/m1/s1. The Balaban J connectivity index is 1.95. The van der Waals surface area contributed by atoms with Crippen LogP contribution in [0.25, 0.3) is 0 Å². The largest absolute Gasteiger partial charge is 0.496 e. The van der Waals surface area contributed by atoms with E-state index >= 15 is 0 Å². The van der Waals surface area contributed by atoms with Crippen molar-refractivity contribution in [3.8, 4) is 11.5 Å². The van der Waals surface area contributed by atoms with Gasteiger partial charge in [0.15, 0.2) is 0 Å².